The van der Waals surface area contributed by atoms with Crippen LogP contribution in [0.4, 0.5) is 6.01 Å². The number of nitrogens with zero attached hydrogens (tertiary/aromatic N) is 2. The van der Waals surface area contributed by atoms with E-state index in [-0.39, 0.29) is 23.9 Å². The number of hydrogen-bond acceptors (Lipinski definition) is 5. The molecule has 1 fully saturated rings. The van der Waals surface area contributed by atoms with E-state index in [1.54, 1.807) is 0 Å². The second-order valence-electron chi connectivity index (χ2n) is 4.24. The van der Waals surface area contributed by atoms with Crippen molar-refractivity contribution in [3.63, 3.8) is 0 Å². The number of anilines is 1. The second-order valence-corrected chi connectivity index (χ2v) is 4.24. The van der Waals surface area contributed by atoms with Crippen molar-refractivity contribution in [2.24, 2.45) is 5.92 Å². The molecule has 2 rings (SSSR count). The van der Waals surface area contributed by atoms with Crippen LogP contribution in [0.1, 0.15) is 38.6 Å². The van der Waals surface area contributed by atoms with Gasteiger partial charge in [-0.3, -0.25) is 10.1 Å². The van der Waals surface area contributed by atoms with Crippen molar-refractivity contribution < 1.29 is 9.21 Å². The summed E-state index contributed by atoms with van der Waals surface area (Å²) < 4.78 is 5.37. The molecule has 1 saturated heterocycles. The van der Waals surface area contributed by atoms with Crippen LogP contribution in [0.25, 0.3) is 0 Å². The molecule has 0 saturated carbocycles. The zero-order chi connectivity index (χ0) is 11.5. The number of rotatable bonds is 3. The first-order valence-corrected chi connectivity index (χ1v) is 5.54. The van der Waals surface area contributed by atoms with E-state index in [1.807, 2.05) is 13.8 Å². The van der Waals surface area contributed by atoms with Crippen LogP contribution in [-0.2, 0) is 4.79 Å². The van der Waals surface area contributed by atoms with Crippen molar-refractivity contribution in [3.05, 3.63) is 5.89 Å². The quantitative estimate of drug-likeness (QED) is 0.803. The molecule has 1 unspecified atom stereocenters. The lowest BCUT2D eigenvalue weighted by atomic mass is 10.2. The molecule has 0 radical (unpaired) electrons. The molecule has 2 N–H and O–H groups in total. The average Bonchev–Trinajstić information content (AvgIpc) is 2.85. The van der Waals surface area contributed by atoms with Crippen LogP contribution in [0.5, 0.6) is 0 Å². The van der Waals surface area contributed by atoms with Gasteiger partial charge in [-0.25, -0.2) is 0 Å². The van der Waals surface area contributed by atoms with Crippen molar-refractivity contribution >= 4 is 11.9 Å². The molecule has 1 atom stereocenters. The molecular formula is C10H16N4O2. The van der Waals surface area contributed by atoms with Crippen LogP contribution in [0.15, 0.2) is 4.42 Å². The number of carbonyl (C=O) groups excluding carboxylic acids is 1. The number of amides is 1. The summed E-state index contributed by atoms with van der Waals surface area (Å²) in [5, 5.41) is 13.5. The number of carbonyl (C=O) groups is 1. The molecule has 0 spiro atoms. The lowest BCUT2D eigenvalue weighted by Gasteiger charge is -2.03. The molecule has 0 bridgehead atoms. The Labute approximate surface area is 93.8 Å². The molecule has 1 aromatic rings. The normalized spacial score (nSPS) is 20.3. The molecule has 0 aromatic carbocycles. The predicted molar refractivity (Wildman–Crippen MR) is 57.7 cm³/mol. The fourth-order valence-corrected chi connectivity index (χ4v) is 1.57. The summed E-state index contributed by atoms with van der Waals surface area (Å²) in [6.45, 7) is 4.59. The van der Waals surface area contributed by atoms with Crippen LogP contribution >= 0.6 is 0 Å². The average molecular weight is 224 g/mol. The number of nitrogens with one attached hydrogen (secondary N) is 2. The summed E-state index contributed by atoms with van der Waals surface area (Å²) in [6, 6.07) is 0.319. The van der Waals surface area contributed by atoms with Crippen molar-refractivity contribution in [1.29, 1.82) is 0 Å². The largest absolute Gasteiger partial charge is 0.406 e. The van der Waals surface area contributed by atoms with E-state index in [1.165, 1.54) is 0 Å². The van der Waals surface area contributed by atoms with Gasteiger partial charge in [-0.2, -0.15) is 0 Å². The monoisotopic (exact) mass is 224 g/mol. The molecular weight excluding hydrogens is 208 g/mol. The van der Waals surface area contributed by atoms with Gasteiger partial charge in [0.25, 0.3) is 0 Å². The highest BCUT2D eigenvalue weighted by Crippen LogP contribution is 2.22. The molecule has 1 aliphatic heterocycles. The lowest BCUT2D eigenvalue weighted by Crippen LogP contribution is -2.17. The zero-order valence-corrected chi connectivity index (χ0v) is 9.49. The Kier molecular flexibility index (Phi) is 3.19. The Bertz CT molecular complexity index is 369. The van der Waals surface area contributed by atoms with Gasteiger partial charge >= 0.3 is 6.01 Å². The van der Waals surface area contributed by atoms with Crippen LogP contribution in [0, 0.1) is 5.92 Å². The van der Waals surface area contributed by atoms with Crippen LogP contribution in [0.2, 0.25) is 0 Å². The third-order valence-corrected chi connectivity index (χ3v) is 2.55. The Morgan fingerprint density at radius 3 is 3.00 bits per heavy atom. The SMILES string of the molecule is CC(C)C(=O)Nc1nnc(C2CCCN2)o1. The van der Waals surface area contributed by atoms with E-state index >= 15 is 0 Å². The first kappa shape index (κ1) is 11.1. The molecule has 6 nitrogen and oxygen atoms in total. The minimum atomic E-state index is -0.116. The van der Waals surface area contributed by atoms with Gasteiger partial charge in [-0.05, 0) is 19.4 Å². The number of hydrogen-bond donors (Lipinski definition) is 2. The van der Waals surface area contributed by atoms with E-state index < -0.39 is 0 Å². The lowest BCUT2D eigenvalue weighted by molar-refractivity contribution is -0.119. The van der Waals surface area contributed by atoms with Gasteiger partial charge in [0.15, 0.2) is 0 Å². The summed E-state index contributed by atoms with van der Waals surface area (Å²) in [5.41, 5.74) is 0. The van der Waals surface area contributed by atoms with Crippen molar-refractivity contribution in [2.75, 3.05) is 11.9 Å². The minimum absolute atomic E-state index is 0.0973. The van der Waals surface area contributed by atoms with Gasteiger partial charge < -0.3 is 9.73 Å². The van der Waals surface area contributed by atoms with E-state index in [9.17, 15) is 4.79 Å². The van der Waals surface area contributed by atoms with Gasteiger partial charge in [0, 0.05) is 5.92 Å². The maximum absolute atomic E-state index is 11.4. The third kappa shape index (κ3) is 2.38. The van der Waals surface area contributed by atoms with E-state index in [0.29, 0.717) is 5.89 Å². The zero-order valence-electron chi connectivity index (χ0n) is 9.49. The third-order valence-electron chi connectivity index (χ3n) is 2.55. The van der Waals surface area contributed by atoms with E-state index in [4.69, 9.17) is 4.42 Å². The van der Waals surface area contributed by atoms with Crippen molar-refractivity contribution in [1.82, 2.24) is 15.5 Å². The van der Waals surface area contributed by atoms with Crippen molar-refractivity contribution in [3.8, 4) is 0 Å². The van der Waals surface area contributed by atoms with Gasteiger partial charge in [0.1, 0.15) is 0 Å². The van der Waals surface area contributed by atoms with Gasteiger partial charge in [0.2, 0.25) is 11.8 Å². The van der Waals surface area contributed by atoms with E-state index in [0.717, 1.165) is 19.4 Å². The highest BCUT2D eigenvalue weighted by molar-refractivity contribution is 5.89. The molecule has 6 heteroatoms. The summed E-state index contributed by atoms with van der Waals surface area (Å²) in [6.07, 6.45) is 2.11. The predicted octanol–water partition coefficient (Wildman–Crippen LogP) is 1.09. The Morgan fingerprint density at radius 2 is 2.38 bits per heavy atom. The maximum Gasteiger partial charge on any atom is 0.322 e. The van der Waals surface area contributed by atoms with Gasteiger partial charge in [0.05, 0.1) is 6.04 Å². The summed E-state index contributed by atoms with van der Waals surface area (Å²) in [7, 11) is 0. The minimum Gasteiger partial charge on any atom is -0.406 e. The van der Waals surface area contributed by atoms with E-state index in [2.05, 4.69) is 20.8 Å². The smallest absolute Gasteiger partial charge is 0.322 e. The molecule has 1 aliphatic rings. The standard InChI is InChI=1S/C10H16N4O2/c1-6(2)8(15)12-10-14-13-9(16-10)7-4-3-5-11-7/h6-7,11H,3-5H2,1-2H3,(H,12,14,15). The molecule has 1 amide bonds. The molecule has 1 aromatic heterocycles. The highest BCUT2D eigenvalue weighted by atomic mass is 16.4. The maximum atomic E-state index is 11.4. The second kappa shape index (κ2) is 4.61. The Hall–Kier alpha value is -1.43. The Morgan fingerprint density at radius 1 is 1.56 bits per heavy atom. The fraction of sp³-hybridized carbons (Fsp3) is 0.700. The highest BCUT2D eigenvalue weighted by Gasteiger charge is 2.22. The van der Waals surface area contributed by atoms with Crippen molar-refractivity contribution in [2.45, 2.75) is 32.7 Å². The Balaban J connectivity index is 1.99. The van der Waals surface area contributed by atoms with Crippen LogP contribution in [0.3, 0.4) is 0 Å². The molecule has 88 valence electrons. The van der Waals surface area contributed by atoms with Crippen LogP contribution < -0.4 is 10.6 Å². The van der Waals surface area contributed by atoms with Gasteiger partial charge in [-0.1, -0.05) is 18.9 Å². The summed E-state index contributed by atoms with van der Waals surface area (Å²) >= 11 is 0. The van der Waals surface area contributed by atoms with Gasteiger partial charge in [-0.15, -0.1) is 5.10 Å². The summed E-state index contributed by atoms with van der Waals surface area (Å²) in [5.74, 6) is 0.339. The first-order valence-electron chi connectivity index (χ1n) is 5.54. The summed E-state index contributed by atoms with van der Waals surface area (Å²) in [4.78, 5) is 11.4. The van der Waals surface area contributed by atoms with Crippen LogP contribution in [-0.4, -0.2) is 22.6 Å². The molecule has 2 heterocycles. The first-order chi connectivity index (χ1) is 7.66. The fourth-order valence-electron chi connectivity index (χ4n) is 1.57. The molecule has 16 heavy (non-hydrogen) atoms. The number of aromatic nitrogens is 2. The molecule has 0 aliphatic carbocycles. The topological polar surface area (TPSA) is 80.0 Å².